The molecule has 2 atom stereocenters. The molecule has 1 aromatic rings. The van der Waals surface area contributed by atoms with Gasteiger partial charge >= 0.3 is 6.09 Å². The van der Waals surface area contributed by atoms with Crippen LogP contribution in [0.5, 0.6) is 0 Å². The minimum Gasteiger partial charge on any atom is -0.444 e. The van der Waals surface area contributed by atoms with Gasteiger partial charge in [-0.2, -0.15) is 5.26 Å². The quantitative estimate of drug-likeness (QED) is 0.775. The molecule has 1 aromatic carbocycles. The van der Waals surface area contributed by atoms with Crippen molar-refractivity contribution >= 4 is 6.09 Å². The second-order valence-electron chi connectivity index (χ2n) is 8.09. The Balaban J connectivity index is 2.32. The monoisotopic (exact) mass is 392 g/mol. The molecule has 1 heterocycles. The summed E-state index contributed by atoms with van der Waals surface area (Å²) < 4.78 is 24.7. The number of hydrogen-bond acceptors (Lipinski definition) is 5. The Hall–Kier alpha value is -2.17. The number of rotatable bonds is 5. The fourth-order valence-corrected chi connectivity index (χ4v) is 3.72. The zero-order chi connectivity index (χ0) is 20.9. The lowest BCUT2D eigenvalue weighted by Crippen LogP contribution is -2.52. The van der Waals surface area contributed by atoms with Gasteiger partial charge in [0.2, 0.25) is 0 Å². The van der Waals surface area contributed by atoms with Crippen molar-refractivity contribution < 1.29 is 23.8 Å². The van der Waals surface area contributed by atoms with Crippen molar-refractivity contribution in [3.63, 3.8) is 0 Å². The maximum absolute atomic E-state index is 13.9. The van der Waals surface area contributed by atoms with Crippen molar-refractivity contribution in [3.8, 4) is 6.07 Å². The maximum atomic E-state index is 13.9. The molecule has 0 radical (unpaired) electrons. The number of nitrogens with zero attached hydrogens (tertiary/aromatic N) is 2. The SMILES string of the molecule is CCOC(O)C(C#N)C1(c2cccc(F)c2)CCN(C(=O)OC(C)(C)C)CC1. The topological polar surface area (TPSA) is 82.8 Å². The van der Waals surface area contributed by atoms with Gasteiger partial charge in [-0.05, 0) is 58.2 Å². The molecule has 0 bridgehead atoms. The minimum absolute atomic E-state index is 0.253. The second kappa shape index (κ2) is 8.89. The number of halogens is 1. The van der Waals surface area contributed by atoms with Crippen LogP contribution in [0, 0.1) is 23.1 Å². The molecule has 154 valence electrons. The van der Waals surface area contributed by atoms with Crippen LogP contribution in [0.4, 0.5) is 9.18 Å². The molecule has 1 N–H and O–H groups in total. The number of piperidine rings is 1. The number of amides is 1. The first-order chi connectivity index (χ1) is 13.1. The Kier molecular flexibility index (Phi) is 7.02. The zero-order valence-corrected chi connectivity index (χ0v) is 16.9. The molecule has 28 heavy (non-hydrogen) atoms. The third kappa shape index (κ3) is 5.00. The lowest BCUT2D eigenvalue weighted by atomic mass is 9.64. The Morgan fingerprint density at radius 2 is 2.04 bits per heavy atom. The fraction of sp³-hybridized carbons (Fsp3) is 0.619. The van der Waals surface area contributed by atoms with E-state index in [-0.39, 0.29) is 6.61 Å². The van der Waals surface area contributed by atoms with Gasteiger partial charge in [0.1, 0.15) is 17.3 Å². The van der Waals surface area contributed by atoms with Crippen LogP contribution in [-0.2, 0) is 14.9 Å². The summed E-state index contributed by atoms with van der Waals surface area (Å²) in [5.41, 5.74) is -0.806. The van der Waals surface area contributed by atoms with Crippen molar-refractivity contribution in [1.29, 1.82) is 5.26 Å². The van der Waals surface area contributed by atoms with E-state index in [1.165, 1.54) is 12.1 Å². The smallest absolute Gasteiger partial charge is 0.410 e. The van der Waals surface area contributed by atoms with Crippen LogP contribution in [0.25, 0.3) is 0 Å². The van der Waals surface area contributed by atoms with Gasteiger partial charge in [-0.1, -0.05) is 12.1 Å². The normalized spacial score (nSPS) is 18.8. The highest BCUT2D eigenvalue weighted by Gasteiger charge is 2.48. The first-order valence-electron chi connectivity index (χ1n) is 9.56. The number of hydrogen-bond donors (Lipinski definition) is 1. The standard InChI is InChI=1S/C21H29FN2O4/c1-5-27-18(25)17(14-23)21(15-7-6-8-16(22)13-15)9-11-24(12-10-21)19(26)28-20(2,3)4/h6-8,13,17-18,25H,5,9-12H2,1-4H3. The average Bonchev–Trinajstić information content (AvgIpc) is 2.61. The summed E-state index contributed by atoms with van der Waals surface area (Å²) in [6.07, 6.45) is -0.943. The van der Waals surface area contributed by atoms with Gasteiger partial charge < -0.3 is 19.5 Å². The van der Waals surface area contributed by atoms with Gasteiger partial charge in [0.05, 0.1) is 6.07 Å². The molecule has 0 saturated carbocycles. The molecule has 7 heteroatoms. The molecule has 0 aliphatic carbocycles. The summed E-state index contributed by atoms with van der Waals surface area (Å²) in [5, 5.41) is 20.3. The van der Waals surface area contributed by atoms with Crippen LogP contribution in [0.1, 0.15) is 46.1 Å². The average molecular weight is 392 g/mol. The van der Waals surface area contributed by atoms with Crippen LogP contribution in [0.2, 0.25) is 0 Å². The number of aliphatic hydroxyl groups excluding tert-OH is 1. The van der Waals surface area contributed by atoms with Crippen LogP contribution in [-0.4, -0.2) is 47.7 Å². The number of carbonyl (C=O) groups excluding carboxylic acids is 1. The minimum atomic E-state index is -1.30. The highest BCUT2D eigenvalue weighted by molar-refractivity contribution is 5.68. The van der Waals surface area contributed by atoms with Crippen molar-refractivity contribution in [2.24, 2.45) is 5.92 Å². The lowest BCUT2D eigenvalue weighted by molar-refractivity contribution is -0.138. The summed E-state index contributed by atoms with van der Waals surface area (Å²) >= 11 is 0. The van der Waals surface area contributed by atoms with E-state index in [1.807, 2.05) is 0 Å². The molecule has 1 aliphatic heterocycles. The van der Waals surface area contributed by atoms with Gasteiger partial charge in [0.25, 0.3) is 0 Å². The highest BCUT2D eigenvalue weighted by atomic mass is 19.1. The highest BCUT2D eigenvalue weighted by Crippen LogP contribution is 2.44. The van der Waals surface area contributed by atoms with Gasteiger partial charge in [-0.3, -0.25) is 0 Å². The zero-order valence-electron chi connectivity index (χ0n) is 16.9. The largest absolute Gasteiger partial charge is 0.444 e. The van der Waals surface area contributed by atoms with Crippen molar-refractivity contribution in [1.82, 2.24) is 4.90 Å². The Morgan fingerprint density at radius 1 is 1.39 bits per heavy atom. The predicted octanol–water partition coefficient (Wildman–Crippen LogP) is 3.59. The van der Waals surface area contributed by atoms with Crippen LogP contribution >= 0.6 is 0 Å². The Labute approximate surface area is 165 Å². The van der Waals surface area contributed by atoms with Gasteiger partial charge in [0.15, 0.2) is 6.29 Å². The molecule has 2 rings (SSSR count). The van der Waals surface area contributed by atoms with Crippen LogP contribution < -0.4 is 0 Å². The Bertz CT molecular complexity index is 718. The first-order valence-corrected chi connectivity index (χ1v) is 9.56. The Morgan fingerprint density at radius 3 is 2.54 bits per heavy atom. The van der Waals surface area contributed by atoms with Crippen LogP contribution in [0.3, 0.4) is 0 Å². The van der Waals surface area contributed by atoms with E-state index in [4.69, 9.17) is 9.47 Å². The van der Waals surface area contributed by atoms with E-state index in [1.54, 1.807) is 44.7 Å². The number of ether oxygens (including phenoxy) is 2. The van der Waals surface area contributed by atoms with Gasteiger partial charge in [0, 0.05) is 25.1 Å². The summed E-state index contributed by atoms with van der Waals surface area (Å²) in [4.78, 5) is 14.0. The van der Waals surface area contributed by atoms with Crippen LogP contribution in [0.15, 0.2) is 24.3 Å². The summed E-state index contributed by atoms with van der Waals surface area (Å²) in [5.74, 6) is -1.30. The maximum Gasteiger partial charge on any atom is 0.410 e. The molecule has 0 spiro atoms. The molecular formula is C21H29FN2O4. The lowest BCUT2D eigenvalue weighted by Gasteiger charge is -2.45. The van der Waals surface area contributed by atoms with E-state index in [0.29, 0.717) is 31.5 Å². The molecule has 2 unspecified atom stereocenters. The molecule has 0 aromatic heterocycles. The van der Waals surface area contributed by atoms with Crippen molar-refractivity contribution in [2.75, 3.05) is 19.7 Å². The van der Waals surface area contributed by atoms with E-state index in [9.17, 15) is 19.6 Å². The number of benzene rings is 1. The molecule has 1 saturated heterocycles. The van der Waals surface area contributed by atoms with Crippen molar-refractivity contribution in [2.45, 2.75) is 57.8 Å². The molecule has 1 aliphatic rings. The molecular weight excluding hydrogens is 363 g/mol. The molecule has 1 amide bonds. The fourth-order valence-electron chi connectivity index (χ4n) is 3.72. The number of aliphatic hydroxyl groups is 1. The van der Waals surface area contributed by atoms with Gasteiger partial charge in [-0.15, -0.1) is 0 Å². The van der Waals surface area contributed by atoms with E-state index >= 15 is 0 Å². The second-order valence-corrected chi connectivity index (χ2v) is 8.09. The predicted molar refractivity (Wildman–Crippen MR) is 102 cm³/mol. The number of likely N-dealkylation sites (tertiary alicyclic amines) is 1. The van der Waals surface area contributed by atoms with Gasteiger partial charge in [-0.25, -0.2) is 9.18 Å². The summed E-state index contributed by atoms with van der Waals surface area (Å²) in [6, 6.07) is 8.25. The van der Waals surface area contributed by atoms with Crippen molar-refractivity contribution in [3.05, 3.63) is 35.6 Å². The molecule has 1 fully saturated rings. The summed E-state index contributed by atoms with van der Waals surface area (Å²) in [6.45, 7) is 8.06. The van der Waals surface area contributed by atoms with E-state index in [0.717, 1.165) is 0 Å². The summed E-state index contributed by atoms with van der Waals surface area (Å²) in [7, 11) is 0. The van der Waals surface area contributed by atoms with E-state index < -0.39 is 35.1 Å². The number of nitriles is 1. The first kappa shape index (κ1) is 22.1. The third-order valence-electron chi connectivity index (χ3n) is 5.06. The number of carbonyl (C=O) groups is 1. The third-order valence-corrected chi connectivity index (χ3v) is 5.06. The van der Waals surface area contributed by atoms with E-state index in [2.05, 4.69) is 6.07 Å². The molecule has 6 nitrogen and oxygen atoms in total.